The molecular weight excluding hydrogens is 348 g/mol. The molecule has 0 aliphatic rings. The first-order chi connectivity index (χ1) is 13.0. The average Bonchev–Trinajstić information content (AvgIpc) is 2.66. The number of hydrogen-bond acceptors (Lipinski definition) is 5. The Labute approximate surface area is 155 Å². The Morgan fingerprint density at radius 1 is 1.19 bits per heavy atom. The number of carboxylic acid groups (broad SMARTS) is 1. The van der Waals surface area contributed by atoms with E-state index in [9.17, 15) is 14.7 Å². The number of pyridine rings is 1. The summed E-state index contributed by atoms with van der Waals surface area (Å²) in [6, 6.07) is 15.0. The number of methoxy groups -OCH3 is 1. The lowest BCUT2D eigenvalue weighted by atomic mass is 10.1. The van der Waals surface area contributed by atoms with E-state index >= 15 is 0 Å². The molecule has 0 saturated carbocycles. The topological polar surface area (TPSA) is 118 Å². The van der Waals surface area contributed by atoms with Gasteiger partial charge in [0, 0.05) is 11.5 Å². The van der Waals surface area contributed by atoms with E-state index in [1.165, 1.54) is 18.2 Å². The summed E-state index contributed by atoms with van der Waals surface area (Å²) >= 11 is 0. The van der Waals surface area contributed by atoms with Gasteiger partial charge in [0.2, 0.25) is 0 Å². The second kappa shape index (κ2) is 7.61. The molecule has 2 aromatic carbocycles. The quantitative estimate of drug-likeness (QED) is 0.577. The number of fused-ring (bicyclic) bond motifs is 1. The molecule has 27 heavy (non-hydrogen) atoms. The van der Waals surface area contributed by atoms with Crippen LogP contribution >= 0.6 is 0 Å². The number of ether oxygens (including phenoxy) is 1. The Balaban J connectivity index is 2.14. The van der Waals surface area contributed by atoms with Gasteiger partial charge in [-0.2, -0.15) is 0 Å². The fourth-order valence-electron chi connectivity index (χ4n) is 2.69. The van der Waals surface area contributed by atoms with Gasteiger partial charge in [-0.15, -0.1) is 0 Å². The van der Waals surface area contributed by atoms with Crippen LogP contribution < -0.4 is 20.9 Å². The first-order valence-corrected chi connectivity index (χ1v) is 8.07. The van der Waals surface area contributed by atoms with Gasteiger partial charge in [0.1, 0.15) is 11.3 Å². The summed E-state index contributed by atoms with van der Waals surface area (Å²) in [5.41, 5.74) is 9.04. The lowest BCUT2D eigenvalue weighted by Gasteiger charge is -2.25. The maximum absolute atomic E-state index is 11.8. The molecule has 0 spiro atoms. The number of nitrogens with one attached hydrogen (secondary N) is 1. The van der Waals surface area contributed by atoms with Crippen molar-refractivity contribution in [2.24, 2.45) is 5.73 Å². The second-order valence-corrected chi connectivity index (χ2v) is 5.77. The highest BCUT2D eigenvalue weighted by molar-refractivity contribution is 5.98. The first-order valence-electron chi connectivity index (χ1n) is 8.07. The standard InChI is InChI=1S/C19H18N4O4/c1-27-14-8-7-13-9-15(18(24)25)17(21-16(13)10-14)23(22-19(20)26)11-12-5-3-2-4-6-12/h2-10H,11H2,1H3,(H,24,25)(H3,20,22,26). The van der Waals surface area contributed by atoms with Crippen LogP contribution in [0.3, 0.4) is 0 Å². The molecule has 1 aromatic heterocycles. The van der Waals surface area contributed by atoms with Crippen LogP contribution in [0.4, 0.5) is 10.6 Å². The van der Waals surface area contributed by atoms with Crippen LogP contribution in [-0.2, 0) is 6.54 Å². The zero-order chi connectivity index (χ0) is 19.4. The van der Waals surface area contributed by atoms with Crippen LogP contribution in [0.15, 0.2) is 54.6 Å². The van der Waals surface area contributed by atoms with Gasteiger partial charge >= 0.3 is 12.0 Å². The highest BCUT2D eigenvalue weighted by Gasteiger charge is 2.21. The minimum atomic E-state index is -1.17. The number of nitrogens with zero attached hydrogens (tertiary/aromatic N) is 2. The highest BCUT2D eigenvalue weighted by Crippen LogP contribution is 2.27. The molecule has 8 heteroatoms. The predicted octanol–water partition coefficient (Wildman–Crippen LogP) is 2.53. The van der Waals surface area contributed by atoms with Crippen molar-refractivity contribution in [2.75, 3.05) is 12.1 Å². The molecule has 8 nitrogen and oxygen atoms in total. The summed E-state index contributed by atoms with van der Waals surface area (Å²) in [5.74, 6) is -0.507. The minimum absolute atomic E-state index is 0.0580. The molecule has 138 valence electrons. The third kappa shape index (κ3) is 4.06. The summed E-state index contributed by atoms with van der Waals surface area (Å²) in [4.78, 5) is 27.7. The Morgan fingerprint density at radius 2 is 1.93 bits per heavy atom. The average molecular weight is 366 g/mol. The summed E-state index contributed by atoms with van der Waals surface area (Å²) in [6.45, 7) is 0.187. The maximum atomic E-state index is 11.8. The van der Waals surface area contributed by atoms with Gasteiger partial charge < -0.3 is 15.6 Å². The monoisotopic (exact) mass is 366 g/mol. The van der Waals surface area contributed by atoms with E-state index in [-0.39, 0.29) is 17.9 Å². The fraction of sp³-hybridized carbons (Fsp3) is 0.105. The normalized spacial score (nSPS) is 10.4. The third-order valence-electron chi connectivity index (χ3n) is 3.92. The summed E-state index contributed by atoms with van der Waals surface area (Å²) in [7, 11) is 1.53. The van der Waals surface area contributed by atoms with E-state index in [0.717, 1.165) is 5.56 Å². The maximum Gasteiger partial charge on any atom is 0.339 e. The molecule has 0 bridgehead atoms. The molecule has 0 unspecified atom stereocenters. The van der Waals surface area contributed by atoms with Crippen molar-refractivity contribution in [1.29, 1.82) is 0 Å². The molecular formula is C19H18N4O4. The number of carbonyl (C=O) groups is 2. The number of anilines is 1. The van der Waals surface area contributed by atoms with Gasteiger partial charge in [0.05, 0.1) is 19.2 Å². The number of carboxylic acids is 1. The summed E-state index contributed by atoms with van der Waals surface area (Å²) < 4.78 is 5.20. The van der Waals surface area contributed by atoms with Crippen LogP contribution in [0.1, 0.15) is 15.9 Å². The summed E-state index contributed by atoms with van der Waals surface area (Å²) in [6.07, 6.45) is 0. The van der Waals surface area contributed by atoms with Gasteiger partial charge in [0.15, 0.2) is 5.82 Å². The number of hydrogen-bond donors (Lipinski definition) is 3. The van der Waals surface area contributed by atoms with Crippen molar-refractivity contribution in [3.05, 3.63) is 65.7 Å². The number of amides is 2. The summed E-state index contributed by atoms with van der Waals surface area (Å²) in [5, 5.41) is 11.6. The largest absolute Gasteiger partial charge is 0.497 e. The number of primary amides is 1. The van der Waals surface area contributed by atoms with E-state index in [0.29, 0.717) is 16.7 Å². The Hall–Kier alpha value is -3.81. The van der Waals surface area contributed by atoms with Gasteiger partial charge in [0.25, 0.3) is 0 Å². The van der Waals surface area contributed by atoms with Gasteiger partial charge in [-0.1, -0.05) is 30.3 Å². The van der Waals surface area contributed by atoms with Gasteiger partial charge in [-0.05, 0) is 23.8 Å². The molecule has 0 aliphatic carbocycles. The third-order valence-corrected chi connectivity index (χ3v) is 3.92. The van der Waals surface area contributed by atoms with Crippen molar-refractivity contribution in [1.82, 2.24) is 10.4 Å². The number of aromatic nitrogens is 1. The molecule has 0 saturated heterocycles. The van der Waals surface area contributed by atoms with E-state index in [4.69, 9.17) is 10.5 Å². The smallest absolute Gasteiger partial charge is 0.339 e. The van der Waals surface area contributed by atoms with Crippen LogP contribution in [0.25, 0.3) is 10.9 Å². The molecule has 0 aliphatic heterocycles. The zero-order valence-electron chi connectivity index (χ0n) is 14.5. The Kier molecular flexibility index (Phi) is 5.07. The van der Waals surface area contributed by atoms with Crippen molar-refractivity contribution in [3.63, 3.8) is 0 Å². The van der Waals surface area contributed by atoms with Gasteiger partial charge in [-0.25, -0.2) is 20.0 Å². The highest BCUT2D eigenvalue weighted by atomic mass is 16.5. The van der Waals surface area contributed by atoms with Crippen molar-refractivity contribution < 1.29 is 19.4 Å². The van der Waals surface area contributed by atoms with Gasteiger partial charge in [-0.3, -0.25) is 5.01 Å². The number of benzene rings is 2. The molecule has 1 heterocycles. The SMILES string of the molecule is COc1ccc2cc(C(=O)O)c(N(Cc3ccccc3)NC(N)=O)nc2c1. The number of urea groups is 1. The molecule has 2 amide bonds. The van der Waals surface area contributed by atoms with Crippen molar-refractivity contribution in [2.45, 2.75) is 6.54 Å². The molecule has 0 fully saturated rings. The number of aromatic carboxylic acids is 1. The number of nitrogens with two attached hydrogens (primary N) is 1. The van der Waals surface area contributed by atoms with E-state index in [1.54, 1.807) is 18.2 Å². The van der Waals surface area contributed by atoms with Crippen molar-refractivity contribution in [3.8, 4) is 5.75 Å². The molecule has 3 aromatic rings. The fourth-order valence-corrected chi connectivity index (χ4v) is 2.69. The zero-order valence-corrected chi connectivity index (χ0v) is 14.5. The first kappa shape index (κ1) is 18.0. The van der Waals surface area contributed by atoms with E-state index in [2.05, 4.69) is 10.4 Å². The molecule has 0 radical (unpaired) electrons. The van der Waals surface area contributed by atoms with Crippen molar-refractivity contribution >= 4 is 28.7 Å². The van der Waals surface area contributed by atoms with E-state index < -0.39 is 12.0 Å². The van der Waals surface area contributed by atoms with Crippen LogP contribution in [0.5, 0.6) is 5.75 Å². The van der Waals surface area contributed by atoms with Crippen LogP contribution in [0, 0.1) is 0 Å². The Bertz CT molecular complexity index is 992. The second-order valence-electron chi connectivity index (χ2n) is 5.77. The molecule has 0 atom stereocenters. The number of carbonyl (C=O) groups excluding carboxylic acids is 1. The Morgan fingerprint density at radius 3 is 2.56 bits per heavy atom. The lowest BCUT2D eigenvalue weighted by molar-refractivity contribution is 0.0697. The minimum Gasteiger partial charge on any atom is -0.497 e. The number of rotatable bonds is 6. The lowest BCUT2D eigenvalue weighted by Crippen LogP contribution is -2.45. The molecule has 4 N–H and O–H groups in total. The van der Waals surface area contributed by atoms with Crippen LogP contribution in [0.2, 0.25) is 0 Å². The predicted molar refractivity (Wildman–Crippen MR) is 101 cm³/mol. The van der Waals surface area contributed by atoms with E-state index in [1.807, 2.05) is 30.3 Å². The van der Waals surface area contributed by atoms with Crippen LogP contribution in [-0.4, -0.2) is 29.2 Å². The number of hydrazine groups is 1. The molecule has 3 rings (SSSR count).